The van der Waals surface area contributed by atoms with Crippen LogP contribution >= 0.6 is 0 Å². The SMILES string of the molecule is CCc1ccc(OCCNC(=O)c2ccc(CN3CCOCC3)cc2)cc1. The number of aryl methyl sites for hydroxylation is 1. The molecule has 144 valence electrons. The van der Waals surface area contributed by atoms with Crippen LogP contribution in [-0.4, -0.2) is 50.3 Å². The lowest BCUT2D eigenvalue weighted by atomic mass is 10.1. The van der Waals surface area contributed by atoms with E-state index in [4.69, 9.17) is 9.47 Å². The summed E-state index contributed by atoms with van der Waals surface area (Å²) in [4.78, 5) is 14.6. The standard InChI is InChI=1S/C22H28N2O3/c1-2-18-5-9-21(10-6-18)27-14-11-23-22(25)20-7-3-19(4-8-20)17-24-12-15-26-16-13-24/h3-10H,2,11-17H2,1H3,(H,23,25). The van der Waals surface area contributed by atoms with E-state index in [9.17, 15) is 4.79 Å². The molecule has 1 heterocycles. The second-order valence-corrected chi connectivity index (χ2v) is 6.69. The van der Waals surface area contributed by atoms with Crippen LogP contribution in [0.15, 0.2) is 48.5 Å². The number of ether oxygens (including phenoxy) is 2. The molecule has 0 saturated carbocycles. The summed E-state index contributed by atoms with van der Waals surface area (Å²) in [6.45, 7) is 7.47. The van der Waals surface area contributed by atoms with E-state index in [1.54, 1.807) is 0 Å². The number of hydrogen-bond acceptors (Lipinski definition) is 4. The molecule has 1 aliphatic heterocycles. The summed E-state index contributed by atoms with van der Waals surface area (Å²) in [5.74, 6) is 0.756. The fourth-order valence-corrected chi connectivity index (χ4v) is 3.04. The molecule has 5 nitrogen and oxygen atoms in total. The zero-order chi connectivity index (χ0) is 18.9. The van der Waals surface area contributed by atoms with Crippen molar-refractivity contribution in [2.75, 3.05) is 39.5 Å². The van der Waals surface area contributed by atoms with E-state index >= 15 is 0 Å². The topological polar surface area (TPSA) is 50.8 Å². The molecule has 1 fully saturated rings. The molecule has 1 aliphatic rings. The Bertz CT molecular complexity index is 707. The molecule has 0 aliphatic carbocycles. The van der Waals surface area contributed by atoms with Gasteiger partial charge in [0.2, 0.25) is 0 Å². The van der Waals surface area contributed by atoms with Crippen molar-refractivity contribution >= 4 is 5.91 Å². The molecule has 1 N–H and O–H groups in total. The molecule has 2 aromatic rings. The average Bonchev–Trinajstić information content (AvgIpc) is 2.73. The fraction of sp³-hybridized carbons (Fsp3) is 0.409. The second kappa shape index (κ2) is 10.1. The Balaban J connectivity index is 1.39. The maximum atomic E-state index is 12.2. The number of morpholine rings is 1. The minimum atomic E-state index is -0.0714. The van der Waals surface area contributed by atoms with Crippen molar-refractivity contribution in [3.05, 3.63) is 65.2 Å². The minimum Gasteiger partial charge on any atom is -0.492 e. The van der Waals surface area contributed by atoms with E-state index in [1.807, 2.05) is 36.4 Å². The summed E-state index contributed by atoms with van der Waals surface area (Å²) in [5.41, 5.74) is 3.17. The van der Waals surface area contributed by atoms with Crippen LogP contribution in [0.4, 0.5) is 0 Å². The number of nitrogens with one attached hydrogen (secondary N) is 1. The lowest BCUT2D eigenvalue weighted by Crippen LogP contribution is -2.35. The van der Waals surface area contributed by atoms with E-state index in [2.05, 4.69) is 29.3 Å². The number of carbonyl (C=O) groups excluding carboxylic acids is 1. The minimum absolute atomic E-state index is 0.0714. The van der Waals surface area contributed by atoms with Gasteiger partial charge in [-0.2, -0.15) is 0 Å². The lowest BCUT2D eigenvalue weighted by Gasteiger charge is -2.26. The molecule has 0 atom stereocenters. The highest BCUT2D eigenvalue weighted by atomic mass is 16.5. The van der Waals surface area contributed by atoms with E-state index in [1.165, 1.54) is 11.1 Å². The summed E-state index contributed by atoms with van der Waals surface area (Å²) in [5, 5.41) is 2.90. The average molecular weight is 368 g/mol. The molecule has 0 aromatic heterocycles. The van der Waals surface area contributed by atoms with Gasteiger partial charge in [-0.3, -0.25) is 9.69 Å². The molecule has 2 aromatic carbocycles. The summed E-state index contributed by atoms with van der Waals surface area (Å²) in [6.07, 6.45) is 1.02. The van der Waals surface area contributed by atoms with Gasteiger partial charge in [0, 0.05) is 25.2 Å². The molecule has 0 bridgehead atoms. The number of amides is 1. The Kier molecular flexibility index (Phi) is 7.25. The first-order valence-electron chi connectivity index (χ1n) is 9.63. The molecule has 1 saturated heterocycles. The third kappa shape index (κ3) is 6.08. The van der Waals surface area contributed by atoms with Gasteiger partial charge in [0.05, 0.1) is 19.8 Å². The fourth-order valence-electron chi connectivity index (χ4n) is 3.04. The van der Waals surface area contributed by atoms with E-state index < -0.39 is 0 Å². The predicted octanol–water partition coefficient (Wildman–Crippen LogP) is 2.89. The van der Waals surface area contributed by atoms with Gasteiger partial charge < -0.3 is 14.8 Å². The molecule has 5 heteroatoms. The molecule has 0 radical (unpaired) electrons. The first-order valence-corrected chi connectivity index (χ1v) is 9.63. The van der Waals surface area contributed by atoms with Crippen molar-refractivity contribution in [2.45, 2.75) is 19.9 Å². The normalized spacial score (nSPS) is 14.7. The number of nitrogens with zero attached hydrogens (tertiary/aromatic N) is 1. The third-order valence-corrected chi connectivity index (χ3v) is 4.71. The van der Waals surface area contributed by atoms with Gasteiger partial charge in [0.15, 0.2) is 0 Å². The summed E-state index contributed by atoms with van der Waals surface area (Å²) >= 11 is 0. The van der Waals surface area contributed by atoms with Crippen LogP contribution in [0, 0.1) is 0 Å². The first kappa shape index (κ1) is 19.4. The van der Waals surface area contributed by atoms with Crippen molar-refractivity contribution < 1.29 is 14.3 Å². The van der Waals surface area contributed by atoms with E-state index in [0.717, 1.165) is 45.0 Å². The van der Waals surface area contributed by atoms with Crippen LogP contribution in [-0.2, 0) is 17.7 Å². The van der Waals surface area contributed by atoms with Gasteiger partial charge in [0.1, 0.15) is 12.4 Å². The Labute approximate surface area is 161 Å². The molecular formula is C22H28N2O3. The molecule has 3 rings (SSSR count). The molecule has 1 amide bonds. The quantitative estimate of drug-likeness (QED) is 0.728. The number of rotatable bonds is 8. The predicted molar refractivity (Wildman–Crippen MR) is 106 cm³/mol. The third-order valence-electron chi connectivity index (χ3n) is 4.71. The number of carbonyl (C=O) groups is 1. The molecular weight excluding hydrogens is 340 g/mol. The zero-order valence-corrected chi connectivity index (χ0v) is 15.9. The smallest absolute Gasteiger partial charge is 0.251 e. The van der Waals surface area contributed by atoms with Crippen molar-refractivity contribution in [2.24, 2.45) is 0 Å². The number of benzene rings is 2. The van der Waals surface area contributed by atoms with Gasteiger partial charge in [-0.15, -0.1) is 0 Å². The maximum absolute atomic E-state index is 12.2. The van der Waals surface area contributed by atoms with Crippen molar-refractivity contribution in [1.29, 1.82) is 0 Å². The van der Waals surface area contributed by atoms with E-state index in [-0.39, 0.29) is 5.91 Å². The first-order chi connectivity index (χ1) is 13.2. The molecule has 0 spiro atoms. The number of hydrogen-bond donors (Lipinski definition) is 1. The van der Waals surface area contributed by atoms with Gasteiger partial charge in [0.25, 0.3) is 5.91 Å². The summed E-state index contributed by atoms with van der Waals surface area (Å²) < 4.78 is 11.0. The van der Waals surface area contributed by atoms with Crippen molar-refractivity contribution in [3.63, 3.8) is 0 Å². The monoisotopic (exact) mass is 368 g/mol. The lowest BCUT2D eigenvalue weighted by molar-refractivity contribution is 0.0342. The van der Waals surface area contributed by atoms with Crippen molar-refractivity contribution in [1.82, 2.24) is 10.2 Å². The largest absolute Gasteiger partial charge is 0.492 e. The summed E-state index contributed by atoms with van der Waals surface area (Å²) in [7, 11) is 0. The Morgan fingerprint density at radius 3 is 2.37 bits per heavy atom. The second-order valence-electron chi connectivity index (χ2n) is 6.69. The van der Waals surface area contributed by atoms with Crippen molar-refractivity contribution in [3.8, 4) is 5.75 Å². The molecule has 0 unspecified atom stereocenters. The summed E-state index contributed by atoms with van der Waals surface area (Å²) in [6, 6.07) is 15.9. The van der Waals surface area contributed by atoms with Crippen LogP contribution < -0.4 is 10.1 Å². The van der Waals surface area contributed by atoms with Gasteiger partial charge in [-0.1, -0.05) is 31.2 Å². The highest BCUT2D eigenvalue weighted by molar-refractivity contribution is 5.94. The van der Waals surface area contributed by atoms with Gasteiger partial charge in [-0.25, -0.2) is 0 Å². The van der Waals surface area contributed by atoms with Gasteiger partial charge in [-0.05, 0) is 41.8 Å². The van der Waals surface area contributed by atoms with Gasteiger partial charge >= 0.3 is 0 Å². The Hall–Kier alpha value is -2.37. The highest BCUT2D eigenvalue weighted by Crippen LogP contribution is 2.12. The van der Waals surface area contributed by atoms with Crippen LogP contribution in [0.2, 0.25) is 0 Å². The highest BCUT2D eigenvalue weighted by Gasteiger charge is 2.11. The van der Waals surface area contributed by atoms with Crippen LogP contribution in [0.25, 0.3) is 0 Å². The Morgan fingerprint density at radius 1 is 1.04 bits per heavy atom. The van der Waals surface area contributed by atoms with E-state index in [0.29, 0.717) is 18.7 Å². The Morgan fingerprint density at radius 2 is 1.70 bits per heavy atom. The van der Waals surface area contributed by atoms with Crippen LogP contribution in [0.3, 0.4) is 0 Å². The molecule has 27 heavy (non-hydrogen) atoms. The van der Waals surface area contributed by atoms with Crippen LogP contribution in [0.1, 0.15) is 28.4 Å². The maximum Gasteiger partial charge on any atom is 0.251 e. The zero-order valence-electron chi connectivity index (χ0n) is 15.9. The van der Waals surface area contributed by atoms with Crippen LogP contribution in [0.5, 0.6) is 5.75 Å².